The van der Waals surface area contributed by atoms with Gasteiger partial charge in [-0.2, -0.15) is 0 Å². The number of carbonyl (C=O) groups excluding carboxylic acids is 1. The molecule has 1 aromatic heterocycles. The van der Waals surface area contributed by atoms with Crippen molar-refractivity contribution in [2.24, 2.45) is 0 Å². The van der Waals surface area contributed by atoms with Crippen LogP contribution in [0.1, 0.15) is 24.3 Å². The summed E-state index contributed by atoms with van der Waals surface area (Å²) < 4.78 is 0. The van der Waals surface area contributed by atoms with Crippen molar-refractivity contribution in [3.63, 3.8) is 0 Å². The molecule has 0 fully saturated rings. The Morgan fingerprint density at radius 1 is 1.40 bits per heavy atom. The fraction of sp³-hybridized carbons (Fsp3) is 0.417. The van der Waals surface area contributed by atoms with Crippen LogP contribution in [0, 0.1) is 0 Å². The Morgan fingerprint density at radius 2 is 2.05 bits per heavy atom. The quantitative estimate of drug-likeness (QED) is 0.735. The number of carbonyl (C=O) groups is 3. The summed E-state index contributed by atoms with van der Waals surface area (Å²) >= 11 is 1.48. The minimum atomic E-state index is -1.45. The average Bonchev–Trinajstić information content (AvgIpc) is 2.89. The summed E-state index contributed by atoms with van der Waals surface area (Å²) in [5.41, 5.74) is 0. The fourth-order valence-electron chi connectivity index (χ4n) is 1.52. The third kappa shape index (κ3) is 4.23. The highest BCUT2D eigenvalue weighted by molar-refractivity contribution is 7.10. The second-order valence-corrected chi connectivity index (χ2v) is 5.22. The van der Waals surface area contributed by atoms with Crippen LogP contribution in [0.2, 0.25) is 0 Å². The Kier molecular flexibility index (Phi) is 5.51. The highest BCUT2D eigenvalue weighted by Gasteiger charge is 2.26. The standard InChI is InChI=1S/C12H16N2O5S/c1-7(9-4-3-5-20-9)14(2)12(19)13-8(11(17)18)6-10(15)16/h3-5,7-8H,6H2,1-2H3,(H,13,19)(H,15,16)(H,17,18)/t7?,8-/m1/s1. The zero-order chi connectivity index (χ0) is 15.3. The highest BCUT2D eigenvalue weighted by Crippen LogP contribution is 2.23. The normalized spacial score (nSPS) is 13.3. The maximum Gasteiger partial charge on any atom is 0.326 e. The van der Waals surface area contributed by atoms with Gasteiger partial charge in [-0.1, -0.05) is 6.07 Å². The van der Waals surface area contributed by atoms with Crippen molar-refractivity contribution >= 4 is 29.3 Å². The van der Waals surface area contributed by atoms with E-state index in [0.29, 0.717) is 0 Å². The predicted octanol–water partition coefficient (Wildman–Crippen LogP) is 1.38. The first-order valence-electron chi connectivity index (χ1n) is 5.84. The molecule has 1 unspecified atom stereocenters. The lowest BCUT2D eigenvalue weighted by molar-refractivity contribution is -0.145. The molecule has 0 aliphatic rings. The zero-order valence-corrected chi connectivity index (χ0v) is 11.9. The van der Waals surface area contributed by atoms with E-state index in [-0.39, 0.29) is 6.04 Å². The maximum atomic E-state index is 11.9. The van der Waals surface area contributed by atoms with Crippen molar-refractivity contribution in [1.29, 1.82) is 0 Å². The highest BCUT2D eigenvalue weighted by atomic mass is 32.1. The van der Waals surface area contributed by atoms with Gasteiger partial charge in [0.2, 0.25) is 0 Å². The Labute approximate surface area is 119 Å². The smallest absolute Gasteiger partial charge is 0.326 e. The monoisotopic (exact) mass is 300 g/mol. The van der Waals surface area contributed by atoms with Gasteiger partial charge in [-0.15, -0.1) is 11.3 Å². The van der Waals surface area contributed by atoms with E-state index in [0.717, 1.165) is 4.88 Å². The molecule has 0 aliphatic carbocycles. The number of nitrogens with zero attached hydrogens (tertiary/aromatic N) is 1. The van der Waals surface area contributed by atoms with E-state index >= 15 is 0 Å². The maximum absolute atomic E-state index is 11.9. The van der Waals surface area contributed by atoms with E-state index in [2.05, 4.69) is 5.32 Å². The topological polar surface area (TPSA) is 107 Å². The molecular weight excluding hydrogens is 284 g/mol. The van der Waals surface area contributed by atoms with Crippen molar-refractivity contribution in [2.75, 3.05) is 7.05 Å². The number of thiophene rings is 1. The number of urea groups is 1. The van der Waals surface area contributed by atoms with Gasteiger partial charge in [0.25, 0.3) is 0 Å². The molecular formula is C12H16N2O5S. The van der Waals surface area contributed by atoms with Gasteiger partial charge in [0.15, 0.2) is 0 Å². The summed E-state index contributed by atoms with van der Waals surface area (Å²) in [5, 5.41) is 21.6. The lowest BCUT2D eigenvalue weighted by Crippen LogP contribution is -2.48. The van der Waals surface area contributed by atoms with Crippen molar-refractivity contribution in [1.82, 2.24) is 10.2 Å². The van der Waals surface area contributed by atoms with Gasteiger partial charge in [0, 0.05) is 11.9 Å². The summed E-state index contributed by atoms with van der Waals surface area (Å²) in [6.07, 6.45) is -0.664. The number of nitrogens with one attached hydrogen (secondary N) is 1. The Balaban J connectivity index is 2.68. The number of aliphatic carboxylic acids is 2. The van der Waals surface area contributed by atoms with Crippen LogP contribution in [-0.4, -0.2) is 46.2 Å². The summed E-state index contributed by atoms with van der Waals surface area (Å²) in [4.78, 5) is 35.7. The average molecular weight is 300 g/mol. The number of rotatable bonds is 6. The van der Waals surface area contributed by atoms with Crippen LogP contribution in [0.15, 0.2) is 17.5 Å². The SMILES string of the molecule is CC(c1cccs1)N(C)C(=O)N[C@H](CC(=O)O)C(=O)O. The second-order valence-electron chi connectivity index (χ2n) is 4.24. The first-order valence-corrected chi connectivity index (χ1v) is 6.72. The third-order valence-corrected chi connectivity index (χ3v) is 3.87. The van der Waals surface area contributed by atoms with Gasteiger partial charge < -0.3 is 20.4 Å². The predicted molar refractivity (Wildman–Crippen MR) is 72.7 cm³/mol. The second kappa shape index (κ2) is 6.90. The molecule has 8 heteroatoms. The lowest BCUT2D eigenvalue weighted by atomic mass is 10.2. The van der Waals surface area contributed by atoms with Crippen LogP contribution in [-0.2, 0) is 9.59 Å². The van der Waals surface area contributed by atoms with E-state index in [9.17, 15) is 14.4 Å². The van der Waals surface area contributed by atoms with Gasteiger partial charge in [0.1, 0.15) is 6.04 Å². The van der Waals surface area contributed by atoms with Crippen molar-refractivity contribution < 1.29 is 24.6 Å². The fourth-order valence-corrected chi connectivity index (χ4v) is 2.35. The molecule has 0 aromatic carbocycles. The van der Waals surface area contributed by atoms with E-state index in [1.165, 1.54) is 23.3 Å². The molecule has 0 spiro atoms. The molecule has 3 N–H and O–H groups in total. The van der Waals surface area contributed by atoms with Gasteiger partial charge in [-0.25, -0.2) is 9.59 Å². The van der Waals surface area contributed by atoms with Crippen LogP contribution in [0.25, 0.3) is 0 Å². The van der Waals surface area contributed by atoms with E-state index in [1.807, 2.05) is 17.5 Å². The van der Waals surface area contributed by atoms with E-state index in [4.69, 9.17) is 10.2 Å². The van der Waals surface area contributed by atoms with Gasteiger partial charge >= 0.3 is 18.0 Å². The zero-order valence-electron chi connectivity index (χ0n) is 11.1. The summed E-state index contributed by atoms with van der Waals surface area (Å²) in [6, 6.07) is 1.42. The minimum Gasteiger partial charge on any atom is -0.481 e. The third-order valence-electron chi connectivity index (χ3n) is 2.83. The molecule has 0 saturated carbocycles. The molecule has 1 rings (SSSR count). The lowest BCUT2D eigenvalue weighted by Gasteiger charge is -2.25. The largest absolute Gasteiger partial charge is 0.481 e. The number of carboxylic acids is 2. The van der Waals surface area contributed by atoms with Crippen LogP contribution < -0.4 is 5.32 Å². The van der Waals surface area contributed by atoms with Crippen molar-refractivity contribution in [3.05, 3.63) is 22.4 Å². The molecule has 20 heavy (non-hydrogen) atoms. The molecule has 7 nitrogen and oxygen atoms in total. The van der Waals surface area contributed by atoms with Gasteiger partial charge in [0.05, 0.1) is 12.5 Å². The molecule has 0 radical (unpaired) electrons. The molecule has 0 saturated heterocycles. The van der Waals surface area contributed by atoms with Crippen LogP contribution in [0.5, 0.6) is 0 Å². The first-order chi connectivity index (χ1) is 9.32. The van der Waals surface area contributed by atoms with Gasteiger partial charge in [-0.05, 0) is 18.4 Å². The van der Waals surface area contributed by atoms with Crippen LogP contribution in [0.4, 0.5) is 4.79 Å². The van der Waals surface area contributed by atoms with E-state index < -0.39 is 30.4 Å². The summed E-state index contributed by atoms with van der Waals surface area (Å²) in [5.74, 6) is -2.66. The number of carboxylic acid groups (broad SMARTS) is 2. The number of hydrogen-bond donors (Lipinski definition) is 3. The number of hydrogen-bond acceptors (Lipinski definition) is 4. The van der Waals surface area contributed by atoms with Gasteiger partial charge in [-0.3, -0.25) is 4.79 Å². The molecule has 1 aromatic rings. The molecule has 0 aliphatic heterocycles. The van der Waals surface area contributed by atoms with Crippen molar-refractivity contribution in [3.8, 4) is 0 Å². The molecule has 110 valence electrons. The summed E-state index contributed by atoms with van der Waals surface area (Å²) in [7, 11) is 1.53. The van der Waals surface area contributed by atoms with Crippen LogP contribution >= 0.6 is 11.3 Å². The molecule has 1 heterocycles. The Hall–Kier alpha value is -2.09. The molecule has 0 bridgehead atoms. The van der Waals surface area contributed by atoms with Crippen molar-refractivity contribution in [2.45, 2.75) is 25.4 Å². The minimum absolute atomic E-state index is 0.228. The Morgan fingerprint density at radius 3 is 2.50 bits per heavy atom. The van der Waals surface area contributed by atoms with E-state index in [1.54, 1.807) is 6.92 Å². The molecule has 2 atom stereocenters. The summed E-state index contributed by atoms with van der Waals surface area (Å²) in [6.45, 7) is 1.80. The first kappa shape index (κ1) is 16.0. The number of amides is 2. The molecule has 2 amide bonds. The Bertz CT molecular complexity index is 488. The van der Waals surface area contributed by atoms with Crippen LogP contribution in [0.3, 0.4) is 0 Å².